The first-order valence-electron chi connectivity index (χ1n) is 11.5. The first-order chi connectivity index (χ1) is 14.5. The van der Waals surface area contributed by atoms with E-state index in [0.717, 1.165) is 58.2 Å². The van der Waals surface area contributed by atoms with Gasteiger partial charge in [0.2, 0.25) is 0 Å². The number of ether oxygens (including phenoxy) is 3. The van der Waals surface area contributed by atoms with Crippen LogP contribution in [0.3, 0.4) is 0 Å². The number of carbonyl (C=O) groups is 1. The third-order valence-corrected chi connectivity index (χ3v) is 5.52. The molecule has 2 unspecified atom stereocenters. The predicted molar refractivity (Wildman–Crippen MR) is 122 cm³/mol. The highest BCUT2D eigenvalue weighted by Crippen LogP contribution is 2.33. The van der Waals surface area contributed by atoms with Crippen LogP contribution >= 0.6 is 0 Å². The summed E-state index contributed by atoms with van der Waals surface area (Å²) in [4.78, 5) is 21.3. The highest BCUT2D eigenvalue weighted by atomic mass is 16.6. The van der Waals surface area contributed by atoms with Gasteiger partial charge in [0.1, 0.15) is 11.3 Å². The second kappa shape index (κ2) is 11.3. The van der Waals surface area contributed by atoms with Gasteiger partial charge in [0.25, 0.3) is 0 Å². The minimum atomic E-state index is -0.732. The van der Waals surface area contributed by atoms with Crippen LogP contribution in [0.4, 0.5) is 4.79 Å². The van der Waals surface area contributed by atoms with Crippen molar-refractivity contribution in [2.45, 2.75) is 77.9 Å². The molecule has 0 aromatic carbocycles. The van der Waals surface area contributed by atoms with E-state index in [1.807, 2.05) is 41.5 Å². The van der Waals surface area contributed by atoms with Gasteiger partial charge in [-0.3, -0.25) is 14.8 Å². The van der Waals surface area contributed by atoms with Gasteiger partial charge in [-0.05, 0) is 60.9 Å². The van der Waals surface area contributed by atoms with Crippen molar-refractivity contribution in [3.05, 3.63) is 0 Å². The van der Waals surface area contributed by atoms with Crippen molar-refractivity contribution in [1.29, 1.82) is 0 Å². The van der Waals surface area contributed by atoms with E-state index in [-0.39, 0.29) is 18.2 Å². The Labute approximate surface area is 187 Å². The van der Waals surface area contributed by atoms with Crippen molar-refractivity contribution in [1.82, 2.24) is 20.4 Å². The van der Waals surface area contributed by atoms with Gasteiger partial charge in [-0.2, -0.15) is 0 Å². The molecule has 2 heterocycles. The molecular formula is C22H43N5O4. The number of morpholine rings is 1. The number of hydrogen-bond acceptors (Lipinski definition) is 6. The van der Waals surface area contributed by atoms with Crippen LogP contribution < -0.4 is 10.6 Å². The molecule has 2 fully saturated rings. The molecule has 0 aromatic rings. The van der Waals surface area contributed by atoms with Crippen molar-refractivity contribution < 1.29 is 19.0 Å². The molecule has 0 saturated carbocycles. The van der Waals surface area contributed by atoms with Gasteiger partial charge >= 0.3 is 6.09 Å². The summed E-state index contributed by atoms with van der Waals surface area (Å²) in [7, 11) is 1.76. The lowest BCUT2D eigenvalue weighted by Crippen LogP contribution is -2.54. The van der Waals surface area contributed by atoms with Crippen LogP contribution in [-0.4, -0.2) is 98.3 Å². The Morgan fingerprint density at radius 3 is 2.48 bits per heavy atom. The summed E-state index contributed by atoms with van der Waals surface area (Å²) in [6.45, 7) is 17.6. The van der Waals surface area contributed by atoms with Crippen LogP contribution in [0.1, 0.15) is 54.4 Å². The van der Waals surface area contributed by atoms with Crippen LogP contribution in [0.5, 0.6) is 0 Å². The molecule has 2 aliphatic rings. The SMILES string of the molecule is CN=C(NCCCCN1CCOCC1)NCC1C(C)OC(C)(C)N1C(=O)OC(C)(C)C. The van der Waals surface area contributed by atoms with E-state index in [0.29, 0.717) is 6.54 Å². The van der Waals surface area contributed by atoms with E-state index in [9.17, 15) is 4.79 Å². The fraction of sp³-hybridized carbons (Fsp3) is 0.909. The molecule has 0 bridgehead atoms. The number of unbranched alkanes of at least 4 members (excludes halogenated alkanes) is 1. The number of aliphatic imine (C=N–C) groups is 1. The van der Waals surface area contributed by atoms with Gasteiger partial charge in [-0.15, -0.1) is 0 Å². The molecule has 9 heteroatoms. The van der Waals surface area contributed by atoms with Crippen LogP contribution in [-0.2, 0) is 14.2 Å². The van der Waals surface area contributed by atoms with Crippen molar-refractivity contribution in [3.63, 3.8) is 0 Å². The van der Waals surface area contributed by atoms with E-state index in [1.165, 1.54) is 0 Å². The van der Waals surface area contributed by atoms with Gasteiger partial charge in [0, 0.05) is 33.2 Å². The molecule has 2 aliphatic heterocycles. The van der Waals surface area contributed by atoms with Crippen LogP contribution in [0.25, 0.3) is 0 Å². The molecule has 2 atom stereocenters. The summed E-state index contributed by atoms with van der Waals surface area (Å²) in [6.07, 6.45) is 1.72. The Bertz CT molecular complexity index is 599. The first kappa shape index (κ1) is 25.7. The molecule has 180 valence electrons. The topological polar surface area (TPSA) is 87.7 Å². The van der Waals surface area contributed by atoms with Crippen LogP contribution in [0.15, 0.2) is 4.99 Å². The third kappa shape index (κ3) is 8.12. The lowest BCUT2D eigenvalue weighted by atomic mass is 10.1. The number of amides is 1. The Kier molecular flexibility index (Phi) is 9.39. The van der Waals surface area contributed by atoms with E-state index < -0.39 is 11.3 Å². The van der Waals surface area contributed by atoms with Crippen LogP contribution in [0.2, 0.25) is 0 Å². The maximum atomic E-state index is 12.9. The smallest absolute Gasteiger partial charge is 0.412 e. The third-order valence-electron chi connectivity index (χ3n) is 5.52. The quantitative estimate of drug-likeness (QED) is 0.355. The zero-order chi connectivity index (χ0) is 23.1. The first-order valence-corrected chi connectivity index (χ1v) is 11.5. The van der Waals surface area contributed by atoms with E-state index in [4.69, 9.17) is 14.2 Å². The number of guanidine groups is 1. The Hall–Kier alpha value is -1.58. The molecule has 9 nitrogen and oxygen atoms in total. The molecule has 2 N–H and O–H groups in total. The summed E-state index contributed by atoms with van der Waals surface area (Å²) in [5, 5.41) is 6.72. The lowest BCUT2D eigenvalue weighted by Gasteiger charge is -2.35. The lowest BCUT2D eigenvalue weighted by molar-refractivity contribution is -0.0755. The minimum Gasteiger partial charge on any atom is -0.444 e. The molecule has 0 spiro atoms. The normalized spacial score (nSPS) is 24.9. The fourth-order valence-electron chi connectivity index (χ4n) is 4.04. The fourth-order valence-corrected chi connectivity index (χ4v) is 4.04. The largest absolute Gasteiger partial charge is 0.444 e. The second-order valence-corrected chi connectivity index (χ2v) is 9.73. The summed E-state index contributed by atoms with van der Waals surface area (Å²) in [5.41, 5.74) is -1.29. The second-order valence-electron chi connectivity index (χ2n) is 9.73. The highest BCUT2D eigenvalue weighted by Gasteiger charge is 2.49. The molecule has 0 aromatic heterocycles. The zero-order valence-corrected chi connectivity index (χ0v) is 20.5. The van der Waals surface area contributed by atoms with Gasteiger partial charge in [0.15, 0.2) is 5.96 Å². The van der Waals surface area contributed by atoms with E-state index in [1.54, 1.807) is 11.9 Å². The monoisotopic (exact) mass is 441 g/mol. The Balaban J connectivity index is 1.80. The summed E-state index contributed by atoms with van der Waals surface area (Å²) in [5.74, 6) is 0.729. The molecule has 2 saturated heterocycles. The van der Waals surface area contributed by atoms with Crippen molar-refractivity contribution >= 4 is 12.1 Å². The van der Waals surface area contributed by atoms with Gasteiger partial charge in [-0.1, -0.05) is 0 Å². The molecular weight excluding hydrogens is 398 g/mol. The zero-order valence-electron chi connectivity index (χ0n) is 20.5. The maximum absolute atomic E-state index is 12.9. The summed E-state index contributed by atoms with van der Waals surface area (Å²) < 4.78 is 17.1. The number of hydrogen-bond donors (Lipinski definition) is 2. The molecule has 0 radical (unpaired) electrons. The minimum absolute atomic E-state index is 0.123. The van der Waals surface area contributed by atoms with Crippen molar-refractivity contribution in [2.75, 3.05) is 53.0 Å². The average molecular weight is 442 g/mol. The van der Waals surface area contributed by atoms with Crippen molar-refractivity contribution in [3.8, 4) is 0 Å². The molecule has 31 heavy (non-hydrogen) atoms. The van der Waals surface area contributed by atoms with Gasteiger partial charge in [-0.25, -0.2) is 4.79 Å². The molecule has 2 rings (SSSR count). The maximum Gasteiger partial charge on any atom is 0.412 e. The number of nitrogens with one attached hydrogen (secondary N) is 2. The molecule has 1 amide bonds. The number of carbonyl (C=O) groups excluding carboxylic acids is 1. The number of rotatable bonds is 7. The van der Waals surface area contributed by atoms with Gasteiger partial charge in [0.05, 0.1) is 25.4 Å². The van der Waals surface area contributed by atoms with E-state index >= 15 is 0 Å². The van der Waals surface area contributed by atoms with Crippen LogP contribution in [0, 0.1) is 0 Å². The summed E-state index contributed by atoms with van der Waals surface area (Å²) in [6, 6.07) is -0.162. The molecule has 0 aliphatic carbocycles. The van der Waals surface area contributed by atoms with E-state index in [2.05, 4.69) is 20.5 Å². The average Bonchev–Trinajstić information content (AvgIpc) is 2.91. The highest BCUT2D eigenvalue weighted by molar-refractivity contribution is 5.79. The van der Waals surface area contributed by atoms with Gasteiger partial charge < -0.3 is 24.8 Å². The Morgan fingerprint density at radius 2 is 1.87 bits per heavy atom. The van der Waals surface area contributed by atoms with Crippen molar-refractivity contribution in [2.24, 2.45) is 4.99 Å². The Morgan fingerprint density at radius 1 is 1.19 bits per heavy atom. The predicted octanol–water partition coefficient (Wildman–Crippen LogP) is 2.02. The standard InChI is InChI=1S/C22H43N5O4/c1-17-18(27(22(5,6)30-17)20(28)31-21(2,3)4)16-25-19(23-7)24-10-8-9-11-26-12-14-29-15-13-26/h17-18H,8-16H2,1-7H3,(H2,23,24,25). The summed E-state index contributed by atoms with van der Waals surface area (Å²) >= 11 is 0. The number of nitrogens with zero attached hydrogens (tertiary/aromatic N) is 3.